The monoisotopic (exact) mass is 391 g/mol. The zero-order valence-corrected chi connectivity index (χ0v) is 15.7. The second-order valence-corrected chi connectivity index (χ2v) is 6.70. The Kier molecular flexibility index (Phi) is 5.39. The number of amides is 1. The van der Waals surface area contributed by atoms with Crippen LogP contribution in [-0.4, -0.2) is 25.7 Å². The van der Waals surface area contributed by atoms with Crippen molar-refractivity contribution in [3.63, 3.8) is 0 Å². The lowest BCUT2D eigenvalue weighted by atomic mass is 10.1. The highest BCUT2D eigenvalue weighted by atomic mass is 32.1. The number of hydrogen-bond donors (Lipinski definition) is 1. The fourth-order valence-electron chi connectivity index (χ4n) is 2.59. The third-order valence-corrected chi connectivity index (χ3v) is 4.67. The Bertz CT molecular complexity index is 1030. The zero-order chi connectivity index (χ0) is 19.2. The maximum atomic E-state index is 12.5. The Labute approximate surface area is 165 Å². The summed E-state index contributed by atoms with van der Waals surface area (Å²) in [5, 5.41) is 8.95. The molecule has 0 aliphatic heterocycles. The summed E-state index contributed by atoms with van der Waals surface area (Å²) in [7, 11) is 0. The maximum absolute atomic E-state index is 12.5. The minimum absolute atomic E-state index is 0.153. The first-order chi connectivity index (χ1) is 13.8. The van der Waals surface area contributed by atoms with E-state index in [1.807, 2.05) is 35.7 Å². The minimum Gasteiger partial charge on any atom is -0.487 e. The van der Waals surface area contributed by atoms with Crippen LogP contribution >= 0.6 is 11.3 Å². The van der Waals surface area contributed by atoms with Gasteiger partial charge in [0, 0.05) is 17.5 Å². The smallest absolute Gasteiger partial charge is 0.251 e. The number of nitrogens with one attached hydrogen (secondary N) is 1. The first kappa shape index (κ1) is 17.9. The molecule has 0 saturated carbocycles. The van der Waals surface area contributed by atoms with Gasteiger partial charge in [0.2, 0.25) is 0 Å². The highest BCUT2D eigenvalue weighted by Gasteiger charge is 2.07. The molecule has 1 N–H and O–H groups in total. The van der Waals surface area contributed by atoms with Gasteiger partial charge in [-0.05, 0) is 35.9 Å². The largest absolute Gasteiger partial charge is 0.487 e. The van der Waals surface area contributed by atoms with Gasteiger partial charge in [0.25, 0.3) is 5.91 Å². The van der Waals surface area contributed by atoms with Crippen molar-refractivity contribution in [2.24, 2.45) is 0 Å². The second kappa shape index (κ2) is 8.45. The highest BCUT2D eigenvalue weighted by molar-refractivity contribution is 7.07. The van der Waals surface area contributed by atoms with Gasteiger partial charge < -0.3 is 10.1 Å². The van der Waals surface area contributed by atoms with Crippen molar-refractivity contribution >= 4 is 17.2 Å². The van der Waals surface area contributed by atoms with E-state index < -0.39 is 0 Å². The van der Waals surface area contributed by atoms with Crippen molar-refractivity contribution in [2.75, 3.05) is 0 Å². The van der Waals surface area contributed by atoms with Gasteiger partial charge in [0.05, 0.1) is 16.9 Å². The molecule has 4 aromatic rings. The van der Waals surface area contributed by atoms with Crippen LogP contribution in [0.5, 0.6) is 5.75 Å². The summed E-state index contributed by atoms with van der Waals surface area (Å²) in [4.78, 5) is 20.6. The van der Waals surface area contributed by atoms with Gasteiger partial charge >= 0.3 is 0 Å². The lowest BCUT2D eigenvalue weighted by Gasteiger charge is -2.09. The number of thiazole rings is 1. The SMILES string of the molecule is O=C(NCc1ccc(-n2cncn2)cc1)c1cccc(OCc2cscn2)c1. The third kappa shape index (κ3) is 4.41. The van der Waals surface area contributed by atoms with E-state index in [2.05, 4.69) is 20.4 Å². The molecule has 0 saturated heterocycles. The molecule has 4 rings (SSSR count). The molecule has 2 aromatic heterocycles. The lowest BCUT2D eigenvalue weighted by Crippen LogP contribution is -2.22. The van der Waals surface area contributed by atoms with Crippen LogP contribution in [0.1, 0.15) is 21.6 Å². The molecule has 2 heterocycles. The molecule has 0 aliphatic rings. The lowest BCUT2D eigenvalue weighted by molar-refractivity contribution is 0.0950. The topological polar surface area (TPSA) is 81.9 Å². The molecule has 0 unspecified atom stereocenters. The summed E-state index contributed by atoms with van der Waals surface area (Å²) < 4.78 is 7.38. The fraction of sp³-hybridized carbons (Fsp3) is 0.100. The summed E-state index contributed by atoms with van der Waals surface area (Å²) in [6.07, 6.45) is 3.13. The minimum atomic E-state index is -0.153. The van der Waals surface area contributed by atoms with Crippen LogP contribution in [0.2, 0.25) is 0 Å². The molecule has 0 fully saturated rings. The van der Waals surface area contributed by atoms with Crippen molar-refractivity contribution in [2.45, 2.75) is 13.2 Å². The van der Waals surface area contributed by atoms with Crippen LogP contribution in [-0.2, 0) is 13.2 Å². The summed E-state index contributed by atoms with van der Waals surface area (Å²) in [5.74, 6) is 0.484. The van der Waals surface area contributed by atoms with Crippen LogP contribution in [0, 0.1) is 0 Å². The normalized spacial score (nSPS) is 10.6. The molecule has 0 radical (unpaired) electrons. The third-order valence-electron chi connectivity index (χ3n) is 4.04. The van der Waals surface area contributed by atoms with E-state index in [-0.39, 0.29) is 5.91 Å². The van der Waals surface area contributed by atoms with E-state index in [1.165, 1.54) is 17.7 Å². The van der Waals surface area contributed by atoms with Crippen LogP contribution in [0.25, 0.3) is 5.69 Å². The van der Waals surface area contributed by atoms with Gasteiger partial charge in [-0.3, -0.25) is 4.79 Å². The van der Waals surface area contributed by atoms with Gasteiger partial charge in [-0.25, -0.2) is 14.6 Å². The standard InChI is InChI=1S/C20H17N5O2S/c26-20(16-2-1-3-19(8-16)27-10-17-11-28-14-23-17)22-9-15-4-6-18(7-5-15)25-13-21-12-24-25/h1-8,11-14H,9-10H2,(H,22,26). The summed E-state index contributed by atoms with van der Waals surface area (Å²) in [6.45, 7) is 0.813. The number of ether oxygens (including phenoxy) is 1. The number of benzene rings is 2. The van der Waals surface area contributed by atoms with Crippen molar-refractivity contribution < 1.29 is 9.53 Å². The summed E-state index contributed by atoms with van der Waals surface area (Å²) in [5.41, 5.74) is 5.09. The predicted molar refractivity (Wildman–Crippen MR) is 105 cm³/mol. The average molecular weight is 391 g/mol. The van der Waals surface area contributed by atoms with E-state index in [9.17, 15) is 4.79 Å². The molecule has 0 aliphatic carbocycles. The Balaban J connectivity index is 1.34. The van der Waals surface area contributed by atoms with Gasteiger partial charge in [-0.2, -0.15) is 5.10 Å². The molecule has 0 spiro atoms. The molecule has 1 amide bonds. The Morgan fingerprint density at radius 2 is 2.07 bits per heavy atom. The second-order valence-electron chi connectivity index (χ2n) is 5.99. The Morgan fingerprint density at radius 3 is 2.82 bits per heavy atom. The fourth-order valence-corrected chi connectivity index (χ4v) is 3.13. The van der Waals surface area contributed by atoms with Crippen molar-refractivity contribution in [3.8, 4) is 11.4 Å². The number of aromatic nitrogens is 4. The highest BCUT2D eigenvalue weighted by Crippen LogP contribution is 2.16. The van der Waals surface area contributed by atoms with Gasteiger partial charge in [-0.1, -0.05) is 18.2 Å². The predicted octanol–water partition coefficient (Wildman–Crippen LogP) is 3.23. The zero-order valence-electron chi connectivity index (χ0n) is 14.9. The van der Waals surface area contributed by atoms with E-state index in [4.69, 9.17) is 4.74 Å². The molecule has 2 aromatic carbocycles. The molecular formula is C20H17N5O2S. The number of carbonyl (C=O) groups is 1. The van der Waals surface area contributed by atoms with E-state index >= 15 is 0 Å². The number of carbonyl (C=O) groups excluding carboxylic acids is 1. The van der Waals surface area contributed by atoms with Crippen molar-refractivity contribution in [3.05, 3.63) is 88.9 Å². The van der Waals surface area contributed by atoms with E-state index in [1.54, 1.807) is 34.7 Å². The van der Waals surface area contributed by atoms with E-state index in [0.29, 0.717) is 24.5 Å². The Morgan fingerprint density at radius 1 is 1.18 bits per heavy atom. The molecule has 7 nitrogen and oxygen atoms in total. The quantitative estimate of drug-likeness (QED) is 0.523. The van der Waals surface area contributed by atoms with Crippen molar-refractivity contribution in [1.29, 1.82) is 0 Å². The van der Waals surface area contributed by atoms with Crippen LogP contribution in [0.3, 0.4) is 0 Å². The van der Waals surface area contributed by atoms with Gasteiger partial charge in [0.1, 0.15) is 25.0 Å². The number of rotatable bonds is 7. The molecule has 140 valence electrons. The number of hydrogen-bond acceptors (Lipinski definition) is 6. The van der Waals surface area contributed by atoms with Crippen LogP contribution < -0.4 is 10.1 Å². The molecule has 8 heteroatoms. The van der Waals surface area contributed by atoms with Crippen LogP contribution in [0.4, 0.5) is 0 Å². The summed E-state index contributed by atoms with van der Waals surface area (Å²) >= 11 is 1.52. The number of nitrogens with zero attached hydrogens (tertiary/aromatic N) is 4. The van der Waals surface area contributed by atoms with E-state index in [0.717, 1.165) is 16.9 Å². The van der Waals surface area contributed by atoms with Gasteiger partial charge in [-0.15, -0.1) is 11.3 Å². The molecule has 0 atom stereocenters. The molecular weight excluding hydrogens is 374 g/mol. The van der Waals surface area contributed by atoms with Crippen LogP contribution in [0.15, 0.2) is 72.1 Å². The molecule has 28 heavy (non-hydrogen) atoms. The first-order valence-corrected chi connectivity index (χ1v) is 9.54. The van der Waals surface area contributed by atoms with Gasteiger partial charge in [0.15, 0.2) is 0 Å². The van der Waals surface area contributed by atoms with Crippen molar-refractivity contribution in [1.82, 2.24) is 25.1 Å². The average Bonchev–Trinajstić information content (AvgIpc) is 3.45. The Hall–Kier alpha value is -3.52. The maximum Gasteiger partial charge on any atom is 0.251 e. The summed E-state index contributed by atoms with van der Waals surface area (Å²) in [6, 6.07) is 14.9. The molecule has 0 bridgehead atoms. The first-order valence-electron chi connectivity index (χ1n) is 8.60.